The summed E-state index contributed by atoms with van der Waals surface area (Å²) in [6, 6.07) is 5.61. The number of para-hydroxylation sites is 1. The summed E-state index contributed by atoms with van der Waals surface area (Å²) in [6.07, 6.45) is 0.802. The molecule has 1 aromatic heterocycles. The van der Waals surface area contributed by atoms with Crippen LogP contribution < -0.4 is 15.4 Å². The zero-order valence-electron chi connectivity index (χ0n) is 18.3. The fourth-order valence-electron chi connectivity index (χ4n) is 4.00. The highest BCUT2D eigenvalue weighted by molar-refractivity contribution is 5.76. The Balaban J connectivity index is 1.57. The first-order valence-electron chi connectivity index (χ1n) is 10.9. The number of hydrogen-bond acceptors (Lipinski definition) is 6. The number of benzene rings is 1. The first-order valence-corrected chi connectivity index (χ1v) is 10.9. The Morgan fingerprint density at radius 2 is 1.85 bits per heavy atom. The maximum atomic E-state index is 12.5. The number of nitrogens with one attached hydrogen (secondary N) is 2. The van der Waals surface area contributed by atoms with E-state index in [4.69, 9.17) is 4.52 Å². The van der Waals surface area contributed by atoms with Crippen LogP contribution in [-0.2, 0) is 28.1 Å². The van der Waals surface area contributed by atoms with Crippen molar-refractivity contribution in [2.24, 2.45) is 0 Å². The number of nitrogens with zero attached hydrogens (tertiary/aromatic N) is 2. The van der Waals surface area contributed by atoms with Gasteiger partial charge in [0.15, 0.2) is 5.82 Å². The number of carbonyl (C=O) groups excluding carboxylic acids is 2. The maximum Gasteiger partial charge on any atom is 0.573 e. The van der Waals surface area contributed by atoms with Crippen molar-refractivity contribution in [1.82, 2.24) is 20.8 Å². The lowest BCUT2D eigenvalue weighted by molar-refractivity contribution is -0.274. The smallest absolute Gasteiger partial charge is 0.405 e. The highest BCUT2D eigenvalue weighted by atomic mass is 19.4. The minimum absolute atomic E-state index is 0.0110. The molecule has 1 aliphatic rings. The molecule has 2 amide bonds. The van der Waals surface area contributed by atoms with Crippen LogP contribution in [0.3, 0.4) is 0 Å². The van der Waals surface area contributed by atoms with E-state index in [0.717, 1.165) is 25.7 Å². The van der Waals surface area contributed by atoms with Gasteiger partial charge in [-0.3, -0.25) is 9.59 Å². The number of amides is 2. The van der Waals surface area contributed by atoms with Gasteiger partial charge in [0.1, 0.15) is 11.3 Å². The van der Waals surface area contributed by atoms with E-state index in [9.17, 15) is 22.8 Å². The summed E-state index contributed by atoms with van der Waals surface area (Å²) >= 11 is 0. The van der Waals surface area contributed by atoms with E-state index < -0.39 is 11.9 Å². The minimum Gasteiger partial charge on any atom is -0.405 e. The van der Waals surface area contributed by atoms with Crippen molar-refractivity contribution in [3.05, 3.63) is 41.5 Å². The standard InChI is InChI=1S/C22H27F3N4O4/c1-15(30)28-21(12-6-2-3-7-13-21)20-27-19(33-29-20)11-10-18(31)26-14-16-8-4-5-9-17(16)32-22(23,24)25/h4-5,8-9H,2-3,6-7,10-14H2,1H3,(H,26,31)(H,28,30). The van der Waals surface area contributed by atoms with Crippen LogP contribution in [0.15, 0.2) is 28.8 Å². The first-order chi connectivity index (χ1) is 15.7. The lowest BCUT2D eigenvalue weighted by atomic mass is 9.89. The molecule has 0 unspecified atom stereocenters. The number of hydrogen-bond donors (Lipinski definition) is 2. The Morgan fingerprint density at radius 1 is 1.15 bits per heavy atom. The molecule has 33 heavy (non-hydrogen) atoms. The van der Waals surface area contributed by atoms with Gasteiger partial charge in [-0.1, -0.05) is 49.0 Å². The average Bonchev–Trinajstić information content (AvgIpc) is 3.10. The van der Waals surface area contributed by atoms with Crippen LogP contribution >= 0.6 is 0 Å². The molecule has 1 fully saturated rings. The third-order valence-electron chi connectivity index (χ3n) is 5.51. The van der Waals surface area contributed by atoms with Gasteiger partial charge in [-0.25, -0.2) is 0 Å². The third-order valence-corrected chi connectivity index (χ3v) is 5.51. The zero-order chi connectivity index (χ0) is 23.9. The quantitative estimate of drug-likeness (QED) is 0.569. The molecule has 0 atom stereocenters. The van der Waals surface area contributed by atoms with Crippen LogP contribution in [0.5, 0.6) is 5.75 Å². The Labute approximate surface area is 189 Å². The summed E-state index contributed by atoms with van der Waals surface area (Å²) < 4.78 is 46.9. The monoisotopic (exact) mass is 468 g/mol. The van der Waals surface area contributed by atoms with Crippen LogP contribution in [0.25, 0.3) is 0 Å². The largest absolute Gasteiger partial charge is 0.573 e. The SMILES string of the molecule is CC(=O)NC1(c2noc(CCC(=O)NCc3ccccc3OC(F)(F)F)n2)CCCCCC1. The summed E-state index contributed by atoms with van der Waals surface area (Å²) in [5.41, 5.74) is -0.469. The van der Waals surface area contributed by atoms with E-state index in [1.807, 2.05) is 0 Å². The van der Waals surface area contributed by atoms with Crippen LogP contribution in [0.4, 0.5) is 13.2 Å². The van der Waals surface area contributed by atoms with Gasteiger partial charge in [0.05, 0.1) is 0 Å². The van der Waals surface area contributed by atoms with E-state index in [2.05, 4.69) is 25.5 Å². The Morgan fingerprint density at radius 3 is 2.52 bits per heavy atom. The van der Waals surface area contributed by atoms with E-state index in [-0.39, 0.29) is 48.4 Å². The van der Waals surface area contributed by atoms with E-state index in [0.29, 0.717) is 18.7 Å². The number of aromatic nitrogens is 2. The predicted molar refractivity (Wildman–Crippen MR) is 111 cm³/mol. The highest BCUT2D eigenvalue weighted by Crippen LogP contribution is 2.34. The molecule has 0 saturated heterocycles. The molecular formula is C22H27F3N4O4. The second-order valence-corrected chi connectivity index (χ2v) is 8.12. The topological polar surface area (TPSA) is 106 Å². The summed E-state index contributed by atoms with van der Waals surface area (Å²) in [5, 5.41) is 9.64. The lowest BCUT2D eigenvalue weighted by Crippen LogP contribution is -2.45. The Hall–Kier alpha value is -3.11. The van der Waals surface area contributed by atoms with Gasteiger partial charge in [0.2, 0.25) is 17.7 Å². The van der Waals surface area contributed by atoms with Gasteiger partial charge in [0.25, 0.3) is 0 Å². The lowest BCUT2D eigenvalue weighted by Gasteiger charge is -2.30. The van der Waals surface area contributed by atoms with Gasteiger partial charge in [-0.15, -0.1) is 13.2 Å². The number of rotatable bonds is 8. The van der Waals surface area contributed by atoms with E-state index >= 15 is 0 Å². The Bertz CT molecular complexity index is 953. The Kier molecular flexibility index (Phi) is 7.93. The molecule has 8 nitrogen and oxygen atoms in total. The van der Waals surface area contributed by atoms with Crippen LogP contribution in [-0.4, -0.2) is 28.3 Å². The number of alkyl halides is 3. The van der Waals surface area contributed by atoms with Crippen molar-refractivity contribution in [3.8, 4) is 5.75 Å². The zero-order valence-corrected chi connectivity index (χ0v) is 18.3. The van der Waals surface area contributed by atoms with Crippen molar-refractivity contribution >= 4 is 11.8 Å². The molecule has 3 rings (SSSR count). The summed E-state index contributed by atoms with van der Waals surface area (Å²) in [7, 11) is 0. The normalized spacial score (nSPS) is 16.0. The van der Waals surface area contributed by atoms with Gasteiger partial charge >= 0.3 is 6.36 Å². The maximum absolute atomic E-state index is 12.5. The highest BCUT2D eigenvalue weighted by Gasteiger charge is 2.38. The molecule has 0 spiro atoms. The summed E-state index contributed by atoms with van der Waals surface area (Å²) in [6.45, 7) is 1.34. The molecule has 0 radical (unpaired) electrons. The molecule has 1 aromatic carbocycles. The average molecular weight is 468 g/mol. The van der Waals surface area contributed by atoms with E-state index in [1.165, 1.54) is 25.1 Å². The molecule has 2 aromatic rings. The van der Waals surface area contributed by atoms with Crippen molar-refractivity contribution in [2.75, 3.05) is 0 Å². The van der Waals surface area contributed by atoms with Crippen LogP contribution in [0.2, 0.25) is 0 Å². The van der Waals surface area contributed by atoms with Crippen LogP contribution in [0, 0.1) is 0 Å². The second kappa shape index (κ2) is 10.7. The fraction of sp³-hybridized carbons (Fsp3) is 0.545. The molecule has 1 aliphatic carbocycles. The molecule has 2 N–H and O–H groups in total. The van der Waals surface area contributed by atoms with Crippen molar-refractivity contribution < 1.29 is 32.0 Å². The molecule has 180 valence electrons. The molecule has 0 aliphatic heterocycles. The van der Waals surface area contributed by atoms with Crippen molar-refractivity contribution in [3.63, 3.8) is 0 Å². The number of ether oxygens (including phenoxy) is 1. The third kappa shape index (κ3) is 7.19. The first kappa shape index (κ1) is 24.5. The second-order valence-electron chi connectivity index (χ2n) is 8.12. The van der Waals surface area contributed by atoms with Gasteiger partial charge in [-0.2, -0.15) is 4.98 Å². The van der Waals surface area contributed by atoms with Crippen molar-refractivity contribution in [2.45, 2.75) is 76.7 Å². The van der Waals surface area contributed by atoms with Gasteiger partial charge in [0, 0.05) is 31.9 Å². The predicted octanol–water partition coefficient (Wildman–Crippen LogP) is 3.90. The number of carbonyl (C=O) groups is 2. The summed E-state index contributed by atoms with van der Waals surface area (Å²) in [4.78, 5) is 28.4. The van der Waals surface area contributed by atoms with E-state index in [1.54, 1.807) is 6.07 Å². The molecule has 11 heteroatoms. The van der Waals surface area contributed by atoms with Crippen LogP contribution in [0.1, 0.15) is 69.1 Å². The number of aryl methyl sites for hydroxylation is 1. The van der Waals surface area contributed by atoms with Crippen molar-refractivity contribution in [1.29, 1.82) is 0 Å². The van der Waals surface area contributed by atoms with Gasteiger partial charge in [-0.05, 0) is 18.9 Å². The fourth-order valence-corrected chi connectivity index (χ4v) is 4.00. The number of halogens is 3. The minimum atomic E-state index is -4.82. The molecule has 0 bridgehead atoms. The van der Waals surface area contributed by atoms with Gasteiger partial charge < -0.3 is 19.9 Å². The molecular weight excluding hydrogens is 441 g/mol. The summed E-state index contributed by atoms with van der Waals surface area (Å²) in [5.74, 6) is -0.248. The molecule has 1 saturated carbocycles. The molecule has 1 heterocycles.